The van der Waals surface area contributed by atoms with Crippen LogP contribution in [0.4, 0.5) is 24.5 Å². The summed E-state index contributed by atoms with van der Waals surface area (Å²) in [5.41, 5.74) is 2.69. The SMILES string of the molecule is CN(C)CCOC1CCN2c3cc(C(F)(F)F)ccc3OCc3cccc1c32. The maximum atomic E-state index is 13.3. The van der Waals surface area contributed by atoms with E-state index >= 15 is 0 Å². The number of halogens is 3. The van der Waals surface area contributed by atoms with Gasteiger partial charge in [0.25, 0.3) is 0 Å². The smallest absolute Gasteiger partial charge is 0.416 e. The molecule has 4 rings (SSSR count). The maximum Gasteiger partial charge on any atom is 0.416 e. The third kappa shape index (κ3) is 3.56. The van der Waals surface area contributed by atoms with Gasteiger partial charge in [-0.05, 0) is 38.7 Å². The number of anilines is 2. The fraction of sp³-hybridized carbons (Fsp3) is 0.429. The Bertz CT molecular complexity index is 867. The molecule has 2 heterocycles. The van der Waals surface area contributed by atoms with Crippen molar-refractivity contribution in [2.45, 2.75) is 25.3 Å². The lowest BCUT2D eigenvalue weighted by Crippen LogP contribution is -2.30. The third-order valence-electron chi connectivity index (χ3n) is 5.20. The number of fused-ring (bicyclic) bond motifs is 2. The number of alkyl halides is 3. The lowest BCUT2D eigenvalue weighted by molar-refractivity contribution is -0.137. The maximum absolute atomic E-state index is 13.3. The van der Waals surface area contributed by atoms with Crippen LogP contribution in [0.25, 0.3) is 0 Å². The fourth-order valence-corrected chi connectivity index (χ4v) is 3.80. The van der Waals surface area contributed by atoms with Crippen molar-refractivity contribution in [3.8, 4) is 5.75 Å². The van der Waals surface area contributed by atoms with Crippen LogP contribution in [-0.2, 0) is 17.5 Å². The van der Waals surface area contributed by atoms with Gasteiger partial charge in [0, 0.05) is 24.2 Å². The Balaban J connectivity index is 1.72. The molecule has 7 heteroatoms. The molecule has 0 N–H and O–H groups in total. The molecule has 1 unspecified atom stereocenters. The standard InChI is InChI=1S/C21H23F3N2O2/c1-25(2)10-11-27-18-8-9-26-17-12-15(21(22,23)24)6-7-19(17)28-13-14-4-3-5-16(18)20(14)26/h3-7,12,18H,8-11,13H2,1-2H3. The van der Waals surface area contributed by atoms with Crippen LogP contribution in [-0.4, -0.2) is 38.7 Å². The van der Waals surface area contributed by atoms with Crippen molar-refractivity contribution in [1.82, 2.24) is 4.90 Å². The van der Waals surface area contributed by atoms with Crippen molar-refractivity contribution in [3.63, 3.8) is 0 Å². The first-order valence-corrected chi connectivity index (χ1v) is 9.34. The summed E-state index contributed by atoms with van der Waals surface area (Å²) >= 11 is 0. The van der Waals surface area contributed by atoms with Crippen molar-refractivity contribution < 1.29 is 22.6 Å². The number of ether oxygens (including phenoxy) is 2. The Morgan fingerprint density at radius 2 is 2.04 bits per heavy atom. The molecule has 0 spiro atoms. The minimum atomic E-state index is -4.39. The minimum absolute atomic E-state index is 0.0708. The molecule has 0 aromatic heterocycles. The highest BCUT2D eigenvalue weighted by Crippen LogP contribution is 2.48. The molecule has 0 amide bonds. The molecule has 2 aliphatic rings. The van der Waals surface area contributed by atoms with Crippen LogP contribution in [0.3, 0.4) is 0 Å². The van der Waals surface area contributed by atoms with Gasteiger partial charge in [-0.2, -0.15) is 13.2 Å². The molecule has 0 bridgehead atoms. The largest absolute Gasteiger partial charge is 0.487 e. The Morgan fingerprint density at radius 1 is 1.21 bits per heavy atom. The summed E-state index contributed by atoms with van der Waals surface area (Å²) < 4.78 is 51.7. The van der Waals surface area contributed by atoms with E-state index in [9.17, 15) is 13.2 Å². The van der Waals surface area contributed by atoms with E-state index < -0.39 is 11.7 Å². The molecular weight excluding hydrogens is 369 g/mol. The van der Waals surface area contributed by atoms with Gasteiger partial charge in [-0.25, -0.2) is 0 Å². The van der Waals surface area contributed by atoms with Crippen molar-refractivity contribution in [3.05, 3.63) is 53.1 Å². The van der Waals surface area contributed by atoms with E-state index in [2.05, 4.69) is 4.90 Å². The van der Waals surface area contributed by atoms with Crippen molar-refractivity contribution >= 4 is 11.4 Å². The van der Waals surface area contributed by atoms with Crippen LogP contribution in [0.5, 0.6) is 5.75 Å². The second kappa shape index (κ2) is 7.29. The van der Waals surface area contributed by atoms with E-state index in [0.717, 1.165) is 29.4 Å². The van der Waals surface area contributed by atoms with E-state index in [1.54, 1.807) is 0 Å². The summed E-state index contributed by atoms with van der Waals surface area (Å²) in [5.74, 6) is 0.474. The topological polar surface area (TPSA) is 24.9 Å². The predicted octanol–water partition coefficient (Wildman–Crippen LogP) is 4.76. The molecule has 4 nitrogen and oxygen atoms in total. The van der Waals surface area contributed by atoms with E-state index in [1.165, 1.54) is 12.1 Å². The van der Waals surface area contributed by atoms with Crippen molar-refractivity contribution in [1.29, 1.82) is 0 Å². The molecule has 28 heavy (non-hydrogen) atoms. The zero-order valence-electron chi connectivity index (χ0n) is 15.9. The summed E-state index contributed by atoms with van der Waals surface area (Å²) in [6.45, 7) is 2.32. The van der Waals surface area contributed by atoms with Gasteiger partial charge in [0.05, 0.1) is 29.6 Å². The highest BCUT2D eigenvalue weighted by atomic mass is 19.4. The predicted molar refractivity (Wildman–Crippen MR) is 101 cm³/mol. The monoisotopic (exact) mass is 392 g/mol. The molecule has 2 aromatic rings. The quantitative estimate of drug-likeness (QED) is 0.749. The second-order valence-electron chi connectivity index (χ2n) is 7.43. The first-order chi connectivity index (χ1) is 13.3. The molecule has 0 saturated heterocycles. The van der Waals surface area contributed by atoms with Crippen LogP contribution in [0.15, 0.2) is 36.4 Å². The molecule has 1 atom stereocenters. The van der Waals surface area contributed by atoms with Crippen LogP contribution < -0.4 is 9.64 Å². The van der Waals surface area contributed by atoms with Crippen LogP contribution in [0, 0.1) is 0 Å². The van der Waals surface area contributed by atoms with E-state index in [4.69, 9.17) is 9.47 Å². The molecular formula is C21H23F3N2O2. The molecule has 0 saturated carbocycles. The average molecular weight is 392 g/mol. The molecule has 2 aliphatic heterocycles. The fourth-order valence-electron chi connectivity index (χ4n) is 3.80. The summed E-state index contributed by atoms with van der Waals surface area (Å²) in [6.07, 6.45) is -3.75. The number of rotatable bonds is 4. The number of para-hydroxylation sites is 1. The number of likely N-dealkylation sites (N-methyl/N-ethyl adjacent to an activating group) is 1. The molecule has 0 aliphatic carbocycles. The summed E-state index contributed by atoms with van der Waals surface area (Å²) in [7, 11) is 3.99. The lowest BCUT2D eigenvalue weighted by Gasteiger charge is -2.36. The van der Waals surface area contributed by atoms with Crippen molar-refractivity contribution in [2.24, 2.45) is 0 Å². The minimum Gasteiger partial charge on any atom is -0.487 e. The van der Waals surface area contributed by atoms with Crippen LogP contribution in [0.2, 0.25) is 0 Å². The van der Waals surface area contributed by atoms with Gasteiger partial charge in [0.1, 0.15) is 12.4 Å². The molecule has 150 valence electrons. The summed E-state index contributed by atoms with van der Waals surface area (Å²) in [4.78, 5) is 4.01. The average Bonchev–Trinajstić information content (AvgIpc) is 2.80. The normalized spacial score (nSPS) is 18.4. The number of hydrogen-bond acceptors (Lipinski definition) is 4. The van der Waals surface area contributed by atoms with Gasteiger partial charge in [-0.3, -0.25) is 0 Å². The van der Waals surface area contributed by atoms with Gasteiger partial charge >= 0.3 is 6.18 Å². The zero-order chi connectivity index (χ0) is 19.9. The first-order valence-electron chi connectivity index (χ1n) is 9.34. The van der Waals surface area contributed by atoms with Crippen LogP contribution >= 0.6 is 0 Å². The van der Waals surface area contributed by atoms with Gasteiger partial charge in [0.2, 0.25) is 0 Å². The Labute approximate surface area is 162 Å². The van der Waals surface area contributed by atoms with Crippen molar-refractivity contribution in [2.75, 3.05) is 38.7 Å². The third-order valence-corrected chi connectivity index (χ3v) is 5.20. The number of nitrogens with zero attached hydrogens (tertiary/aromatic N) is 2. The zero-order valence-corrected chi connectivity index (χ0v) is 15.9. The van der Waals surface area contributed by atoms with Gasteiger partial charge < -0.3 is 19.3 Å². The number of benzene rings is 2. The molecule has 0 fully saturated rings. The molecule has 0 radical (unpaired) electrons. The van der Waals surface area contributed by atoms with E-state index in [0.29, 0.717) is 37.6 Å². The Kier molecular flexibility index (Phi) is 4.97. The summed E-state index contributed by atoms with van der Waals surface area (Å²) in [6, 6.07) is 9.61. The van der Waals surface area contributed by atoms with E-state index in [1.807, 2.05) is 37.2 Å². The number of hydrogen-bond donors (Lipinski definition) is 0. The Morgan fingerprint density at radius 3 is 2.79 bits per heavy atom. The molecule has 2 aromatic carbocycles. The first kappa shape index (κ1) is 19.1. The highest BCUT2D eigenvalue weighted by molar-refractivity contribution is 5.77. The Hall–Kier alpha value is -2.25. The van der Waals surface area contributed by atoms with E-state index in [-0.39, 0.29) is 6.10 Å². The van der Waals surface area contributed by atoms with Crippen LogP contribution in [0.1, 0.15) is 29.2 Å². The highest BCUT2D eigenvalue weighted by Gasteiger charge is 2.35. The van der Waals surface area contributed by atoms with Gasteiger partial charge in [-0.15, -0.1) is 0 Å². The lowest BCUT2D eigenvalue weighted by atomic mass is 9.94. The second-order valence-corrected chi connectivity index (χ2v) is 7.43. The van der Waals surface area contributed by atoms with Gasteiger partial charge in [-0.1, -0.05) is 18.2 Å². The summed E-state index contributed by atoms with van der Waals surface area (Å²) in [5, 5.41) is 0. The van der Waals surface area contributed by atoms with Gasteiger partial charge in [0.15, 0.2) is 0 Å².